The molecule has 8 nitrogen and oxygen atoms in total. The standard InChI is InChI=1S/C22H32N6O2/c1-16(29)28-12-10-27(11-13-28)15-17-6-8-18(9-7-17)23-21(30)24-20-14-19(22(2,3)4)25-26(20)5/h6-9,14H,10-13,15H2,1-5H3,(H2,23,24,30). The van der Waals surface area contributed by atoms with Crippen LogP contribution in [0.25, 0.3) is 0 Å². The average molecular weight is 413 g/mol. The van der Waals surface area contributed by atoms with Crippen molar-refractivity contribution in [3.63, 3.8) is 0 Å². The van der Waals surface area contributed by atoms with Crippen LogP contribution in [0.2, 0.25) is 0 Å². The van der Waals surface area contributed by atoms with Gasteiger partial charge in [-0.05, 0) is 17.7 Å². The fourth-order valence-electron chi connectivity index (χ4n) is 3.40. The lowest BCUT2D eigenvalue weighted by atomic mass is 9.92. The molecule has 2 aromatic rings. The molecule has 0 bridgehead atoms. The summed E-state index contributed by atoms with van der Waals surface area (Å²) < 4.78 is 1.68. The van der Waals surface area contributed by atoms with Crippen LogP contribution in [0, 0.1) is 0 Å². The molecule has 1 aromatic heterocycles. The number of carbonyl (C=O) groups is 2. The molecule has 1 aliphatic rings. The maximum Gasteiger partial charge on any atom is 0.324 e. The van der Waals surface area contributed by atoms with E-state index in [0.717, 1.165) is 44.1 Å². The monoisotopic (exact) mass is 412 g/mol. The van der Waals surface area contributed by atoms with E-state index >= 15 is 0 Å². The Morgan fingerprint density at radius 3 is 2.20 bits per heavy atom. The lowest BCUT2D eigenvalue weighted by Gasteiger charge is -2.34. The van der Waals surface area contributed by atoms with E-state index in [-0.39, 0.29) is 17.4 Å². The van der Waals surface area contributed by atoms with Crippen molar-refractivity contribution < 1.29 is 9.59 Å². The van der Waals surface area contributed by atoms with Gasteiger partial charge in [-0.1, -0.05) is 32.9 Å². The number of hydrogen-bond acceptors (Lipinski definition) is 4. The smallest absolute Gasteiger partial charge is 0.324 e. The SMILES string of the molecule is CC(=O)N1CCN(Cc2ccc(NC(=O)Nc3cc(C(C)(C)C)nn3C)cc2)CC1. The molecule has 2 heterocycles. The van der Waals surface area contributed by atoms with Gasteiger partial charge in [-0.2, -0.15) is 5.10 Å². The van der Waals surface area contributed by atoms with Crippen LogP contribution < -0.4 is 10.6 Å². The molecular weight excluding hydrogens is 380 g/mol. The molecule has 0 aliphatic carbocycles. The second-order valence-corrected chi connectivity index (χ2v) is 8.85. The third kappa shape index (κ3) is 5.60. The Balaban J connectivity index is 1.51. The number of amides is 3. The van der Waals surface area contributed by atoms with E-state index in [1.807, 2.05) is 42.3 Å². The van der Waals surface area contributed by atoms with Gasteiger partial charge in [-0.15, -0.1) is 0 Å². The van der Waals surface area contributed by atoms with Gasteiger partial charge < -0.3 is 10.2 Å². The molecule has 0 radical (unpaired) electrons. The van der Waals surface area contributed by atoms with Crippen LogP contribution in [0.4, 0.5) is 16.3 Å². The lowest BCUT2D eigenvalue weighted by Crippen LogP contribution is -2.47. The molecule has 0 spiro atoms. The van der Waals surface area contributed by atoms with Gasteiger partial charge in [0.2, 0.25) is 5.91 Å². The highest BCUT2D eigenvalue weighted by atomic mass is 16.2. The minimum atomic E-state index is -0.299. The van der Waals surface area contributed by atoms with Crippen molar-refractivity contribution in [2.24, 2.45) is 7.05 Å². The second-order valence-electron chi connectivity index (χ2n) is 8.85. The number of rotatable bonds is 4. The number of benzene rings is 1. The highest BCUT2D eigenvalue weighted by Gasteiger charge is 2.20. The second kappa shape index (κ2) is 8.87. The summed E-state index contributed by atoms with van der Waals surface area (Å²) in [7, 11) is 1.82. The summed E-state index contributed by atoms with van der Waals surface area (Å²) in [4.78, 5) is 28.0. The van der Waals surface area contributed by atoms with Gasteiger partial charge >= 0.3 is 6.03 Å². The van der Waals surface area contributed by atoms with Crippen molar-refractivity contribution in [3.8, 4) is 0 Å². The van der Waals surface area contributed by atoms with Crippen molar-refractivity contribution in [1.82, 2.24) is 19.6 Å². The average Bonchev–Trinajstić information content (AvgIpc) is 3.04. The minimum absolute atomic E-state index is 0.0806. The van der Waals surface area contributed by atoms with E-state index in [0.29, 0.717) is 5.82 Å². The third-order valence-electron chi connectivity index (χ3n) is 5.33. The number of piperazine rings is 1. The van der Waals surface area contributed by atoms with Crippen LogP contribution in [0.5, 0.6) is 0 Å². The fraction of sp³-hybridized carbons (Fsp3) is 0.500. The number of urea groups is 1. The summed E-state index contributed by atoms with van der Waals surface area (Å²) in [5, 5.41) is 10.2. The van der Waals surface area contributed by atoms with E-state index in [4.69, 9.17) is 0 Å². The summed E-state index contributed by atoms with van der Waals surface area (Å²) >= 11 is 0. The number of aryl methyl sites for hydroxylation is 1. The molecule has 2 N–H and O–H groups in total. The van der Waals surface area contributed by atoms with E-state index < -0.39 is 0 Å². The highest BCUT2D eigenvalue weighted by Crippen LogP contribution is 2.23. The largest absolute Gasteiger partial charge is 0.340 e. The zero-order valence-electron chi connectivity index (χ0n) is 18.5. The first-order valence-electron chi connectivity index (χ1n) is 10.3. The van der Waals surface area contributed by atoms with E-state index in [2.05, 4.69) is 41.4 Å². The molecule has 1 aliphatic heterocycles. The topological polar surface area (TPSA) is 82.5 Å². The van der Waals surface area contributed by atoms with Crippen LogP contribution in [0.1, 0.15) is 39.0 Å². The summed E-state index contributed by atoms with van der Waals surface area (Å²) in [6.45, 7) is 12.0. The molecular formula is C22H32N6O2. The Kier molecular flexibility index (Phi) is 6.45. The molecule has 30 heavy (non-hydrogen) atoms. The number of anilines is 2. The van der Waals surface area contributed by atoms with E-state index in [9.17, 15) is 9.59 Å². The van der Waals surface area contributed by atoms with Gasteiger partial charge in [0, 0.05) is 63.9 Å². The third-order valence-corrected chi connectivity index (χ3v) is 5.33. The Morgan fingerprint density at radius 2 is 1.67 bits per heavy atom. The van der Waals surface area contributed by atoms with Crippen molar-refractivity contribution >= 4 is 23.4 Å². The van der Waals surface area contributed by atoms with Gasteiger partial charge in [-0.25, -0.2) is 4.79 Å². The predicted molar refractivity (Wildman–Crippen MR) is 119 cm³/mol. The Hall–Kier alpha value is -2.87. The number of hydrogen-bond donors (Lipinski definition) is 2. The number of nitrogens with one attached hydrogen (secondary N) is 2. The molecule has 3 amide bonds. The number of aromatic nitrogens is 2. The maximum atomic E-state index is 12.4. The molecule has 162 valence electrons. The normalized spacial score (nSPS) is 15.2. The van der Waals surface area contributed by atoms with Crippen molar-refractivity contribution in [3.05, 3.63) is 41.6 Å². The number of carbonyl (C=O) groups excluding carboxylic acids is 2. The predicted octanol–water partition coefficient (Wildman–Crippen LogP) is 3.03. The lowest BCUT2D eigenvalue weighted by molar-refractivity contribution is -0.130. The van der Waals surface area contributed by atoms with E-state index in [1.165, 1.54) is 5.56 Å². The summed E-state index contributed by atoms with van der Waals surface area (Å²) in [5.41, 5.74) is 2.76. The fourth-order valence-corrected chi connectivity index (χ4v) is 3.40. The highest BCUT2D eigenvalue weighted by molar-refractivity contribution is 5.99. The zero-order valence-corrected chi connectivity index (χ0v) is 18.5. The minimum Gasteiger partial charge on any atom is -0.340 e. The van der Waals surface area contributed by atoms with Gasteiger partial charge in [0.15, 0.2) is 0 Å². The zero-order chi connectivity index (χ0) is 21.9. The summed E-state index contributed by atoms with van der Waals surface area (Å²) in [5.74, 6) is 0.794. The molecule has 0 saturated carbocycles. The number of nitrogens with zero attached hydrogens (tertiary/aromatic N) is 4. The summed E-state index contributed by atoms with van der Waals surface area (Å²) in [6, 6.07) is 9.46. The van der Waals surface area contributed by atoms with Crippen LogP contribution in [0.15, 0.2) is 30.3 Å². The molecule has 1 fully saturated rings. The molecule has 1 aromatic carbocycles. The van der Waals surface area contributed by atoms with Crippen molar-refractivity contribution in [2.75, 3.05) is 36.8 Å². The molecule has 8 heteroatoms. The Bertz CT molecular complexity index is 889. The molecule has 0 atom stereocenters. The van der Waals surface area contributed by atoms with Crippen LogP contribution in [-0.2, 0) is 23.8 Å². The summed E-state index contributed by atoms with van der Waals surface area (Å²) in [6.07, 6.45) is 0. The van der Waals surface area contributed by atoms with Gasteiger partial charge in [0.1, 0.15) is 5.82 Å². The maximum absolute atomic E-state index is 12.4. The van der Waals surface area contributed by atoms with Crippen molar-refractivity contribution in [2.45, 2.75) is 39.7 Å². The Morgan fingerprint density at radius 1 is 1.03 bits per heavy atom. The first-order valence-corrected chi connectivity index (χ1v) is 10.3. The van der Waals surface area contributed by atoms with E-state index in [1.54, 1.807) is 11.6 Å². The first kappa shape index (κ1) is 21.8. The first-order chi connectivity index (χ1) is 14.1. The molecule has 1 saturated heterocycles. The van der Waals surface area contributed by atoms with Gasteiger partial charge in [0.05, 0.1) is 5.69 Å². The quantitative estimate of drug-likeness (QED) is 0.809. The van der Waals surface area contributed by atoms with Crippen LogP contribution in [-0.4, -0.2) is 57.7 Å². The van der Waals surface area contributed by atoms with Gasteiger partial charge in [-0.3, -0.25) is 19.7 Å². The van der Waals surface area contributed by atoms with Gasteiger partial charge in [0.25, 0.3) is 0 Å². The van der Waals surface area contributed by atoms with Crippen LogP contribution >= 0.6 is 0 Å². The molecule has 3 rings (SSSR count). The van der Waals surface area contributed by atoms with Crippen molar-refractivity contribution in [1.29, 1.82) is 0 Å². The Labute approximate surface area is 178 Å². The molecule has 0 unspecified atom stereocenters. The van der Waals surface area contributed by atoms with Crippen LogP contribution in [0.3, 0.4) is 0 Å².